The lowest BCUT2D eigenvalue weighted by Gasteiger charge is -2.73. The normalized spacial score (nSPS) is 43.5. The van der Waals surface area contributed by atoms with Gasteiger partial charge < -0.3 is 14.9 Å². The molecule has 6 unspecified atom stereocenters. The van der Waals surface area contributed by atoms with Crippen molar-refractivity contribution in [2.45, 2.75) is 95.8 Å². The number of ether oxygens (including phenoxy) is 1. The number of hydrogen-bond acceptors (Lipinski definition) is 4. The molecule has 4 bridgehead atoms. The smallest absolute Gasteiger partial charge is 0.165 e. The van der Waals surface area contributed by atoms with Crippen molar-refractivity contribution in [3.8, 4) is 11.5 Å². The van der Waals surface area contributed by atoms with Crippen molar-refractivity contribution in [2.75, 3.05) is 13.1 Å². The van der Waals surface area contributed by atoms with Crippen molar-refractivity contribution in [3.63, 3.8) is 0 Å². The lowest BCUT2D eigenvalue weighted by atomic mass is 9.34. The quantitative estimate of drug-likeness (QED) is 0.725. The second kappa shape index (κ2) is 5.86. The summed E-state index contributed by atoms with van der Waals surface area (Å²) in [5, 5.41) is 22.8. The van der Waals surface area contributed by atoms with Crippen LogP contribution in [0.25, 0.3) is 0 Å². The van der Waals surface area contributed by atoms with E-state index in [1.807, 2.05) is 6.07 Å². The molecule has 32 heavy (non-hydrogen) atoms. The van der Waals surface area contributed by atoms with Gasteiger partial charge in [0, 0.05) is 34.9 Å². The summed E-state index contributed by atoms with van der Waals surface area (Å²) in [6, 6.07) is 4.59. The number of nitrogens with zero attached hydrogens (tertiary/aromatic N) is 1. The standard InChI is InChI=1S/C28H39NO3/c1-25(2,3)26(4,31)19-14-27-10-9-18(19)24-28(27)11-12-29(15-16-5-6-16)21(27)13-17-7-8-20(30)23(32-24)22(17)28/h7-8,16,18-19,21,24,30-31H,5-6,9-15H2,1-4H3/t18?,19?,21?,24?,26?,27-,28?/m1/s1/i15-1. The summed E-state index contributed by atoms with van der Waals surface area (Å²) in [6.45, 7) is 11.1. The summed E-state index contributed by atoms with van der Waals surface area (Å²) in [4.78, 5) is 2.85. The maximum atomic E-state index is 12.0. The number of fused-ring (bicyclic) bond motifs is 2. The van der Waals surface area contributed by atoms with Crippen molar-refractivity contribution in [1.29, 1.82) is 0 Å². The zero-order valence-electron chi connectivity index (χ0n) is 20.2. The van der Waals surface area contributed by atoms with E-state index in [0.29, 0.717) is 17.7 Å². The van der Waals surface area contributed by atoms with Crippen LogP contribution in [0.15, 0.2) is 12.1 Å². The third-order valence-electron chi connectivity index (χ3n) is 11.4. The fraction of sp³-hybridized carbons (Fsp3) is 0.786. The topological polar surface area (TPSA) is 52.9 Å². The number of likely N-dealkylation sites (tertiary alicyclic amines) is 1. The molecule has 174 valence electrons. The van der Waals surface area contributed by atoms with Crippen LogP contribution in [0.2, 0.25) is 0 Å². The van der Waals surface area contributed by atoms with E-state index in [-0.39, 0.29) is 28.3 Å². The number of hydrogen-bond donors (Lipinski definition) is 2. The molecule has 7 aliphatic rings. The van der Waals surface area contributed by atoms with Crippen molar-refractivity contribution in [2.24, 2.45) is 28.6 Å². The van der Waals surface area contributed by atoms with Crippen LogP contribution in [0, 0.1) is 28.6 Å². The Morgan fingerprint density at radius 3 is 2.62 bits per heavy atom. The van der Waals surface area contributed by atoms with Crippen LogP contribution in [0.5, 0.6) is 11.5 Å². The first-order valence-electron chi connectivity index (χ1n) is 13.1. The van der Waals surface area contributed by atoms with E-state index in [0.717, 1.165) is 43.9 Å². The van der Waals surface area contributed by atoms with Crippen molar-refractivity contribution >= 4 is 0 Å². The van der Waals surface area contributed by atoms with Crippen LogP contribution >= 0.6 is 0 Å². The molecule has 8 rings (SSSR count). The minimum atomic E-state index is -0.747. The summed E-state index contributed by atoms with van der Waals surface area (Å²) in [6.07, 6.45) is 8.58. The Bertz CT molecular complexity index is 991. The third kappa shape index (κ3) is 2.14. The predicted molar refractivity (Wildman–Crippen MR) is 124 cm³/mol. The van der Waals surface area contributed by atoms with E-state index in [9.17, 15) is 10.2 Å². The molecule has 0 aromatic heterocycles. The van der Waals surface area contributed by atoms with Crippen LogP contribution in [-0.2, 0) is 11.8 Å². The van der Waals surface area contributed by atoms with Crippen LogP contribution in [-0.4, -0.2) is 45.9 Å². The Hall–Kier alpha value is -1.26. The lowest BCUT2D eigenvalue weighted by Crippen LogP contribution is -2.77. The molecular weight excluding hydrogens is 397 g/mol. The van der Waals surface area contributed by atoms with Gasteiger partial charge in [0.25, 0.3) is 0 Å². The number of rotatable bonds is 3. The number of benzene rings is 1. The summed E-state index contributed by atoms with van der Waals surface area (Å²) in [5.74, 6) is 2.57. The molecule has 1 aromatic carbocycles. The molecule has 1 aromatic rings. The highest BCUT2D eigenvalue weighted by Gasteiger charge is 2.77. The van der Waals surface area contributed by atoms with E-state index in [2.05, 4.69) is 38.7 Å². The molecule has 7 atom stereocenters. The average Bonchev–Trinajstić information content (AvgIpc) is 3.47. The molecule has 4 saturated carbocycles. The van der Waals surface area contributed by atoms with Crippen LogP contribution in [0.1, 0.15) is 77.3 Å². The molecular formula is C28H39NO3. The summed E-state index contributed by atoms with van der Waals surface area (Å²) in [7, 11) is 0. The number of aromatic hydroxyl groups is 1. The SMILES string of the molecule is CC(C)(C)C(C)(O)C1C[C@@]23CCC1C1Oc4c(O)ccc5c4C12CCN([11CH2]C1CC1)C3C5. The van der Waals surface area contributed by atoms with Gasteiger partial charge in [-0.05, 0) is 87.3 Å². The van der Waals surface area contributed by atoms with Crippen molar-refractivity contribution in [1.82, 2.24) is 4.90 Å². The summed E-state index contributed by atoms with van der Waals surface area (Å²) >= 11 is 0. The molecule has 2 heterocycles. The molecule has 2 N–H and O–H groups in total. The summed E-state index contributed by atoms with van der Waals surface area (Å²) in [5.41, 5.74) is 2.02. The zero-order valence-corrected chi connectivity index (χ0v) is 20.2. The second-order valence-electron chi connectivity index (χ2n) is 13.4. The van der Waals surface area contributed by atoms with Gasteiger partial charge in [0.1, 0.15) is 6.10 Å². The Kier molecular flexibility index (Phi) is 3.69. The van der Waals surface area contributed by atoms with E-state index in [1.54, 1.807) is 0 Å². The maximum absolute atomic E-state index is 12.0. The first kappa shape index (κ1) is 20.1. The molecule has 5 fully saturated rings. The van der Waals surface area contributed by atoms with Gasteiger partial charge in [-0.1, -0.05) is 26.8 Å². The van der Waals surface area contributed by atoms with Gasteiger partial charge in [-0.3, -0.25) is 4.90 Å². The van der Waals surface area contributed by atoms with Gasteiger partial charge in [0.2, 0.25) is 0 Å². The fourth-order valence-electron chi connectivity index (χ4n) is 9.28. The largest absolute Gasteiger partial charge is 0.504 e. The van der Waals surface area contributed by atoms with Crippen molar-refractivity contribution in [3.05, 3.63) is 23.3 Å². The lowest BCUT2D eigenvalue weighted by molar-refractivity contribution is -0.243. The molecule has 0 amide bonds. The average molecular weight is 437 g/mol. The Balaban J connectivity index is 1.43. The van der Waals surface area contributed by atoms with Crippen molar-refractivity contribution < 1.29 is 14.9 Å². The van der Waals surface area contributed by atoms with Gasteiger partial charge in [-0.25, -0.2) is 0 Å². The van der Waals surface area contributed by atoms with E-state index < -0.39 is 5.60 Å². The second-order valence-corrected chi connectivity index (χ2v) is 13.4. The third-order valence-corrected chi connectivity index (χ3v) is 11.4. The minimum Gasteiger partial charge on any atom is -0.504 e. The van der Waals surface area contributed by atoms with E-state index >= 15 is 0 Å². The van der Waals surface area contributed by atoms with Gasteiger partial charge in [0.15, 0.2) is 11.5 Å². The highest BCUT2D eigenvalue weighted by Crippen LogP contribution is 2.76. The monoisotopic (exact) mass is 436 g/mol. The molecule has 1 saturated heterocycles. The number of phenolic OH excluding ortho intramolecular Hbond substituents is 1. The first-order valence-corrected chi connectivity index (χ1v) is 13.1. The first-order chi connectivity index (χ1) is 15.1. The Morgan fingerprint density at radius 1 is 1.12 bits per heavy atom. The number of aliphatic hydroxyl groups is 1. The Morgan fingerprint density at radius 2 is 1.91 bits per heavy atom. The minimum absolute atomic E-state index is 0.0206. The maximum Gasteiger partial charge on any atom is 0.165 e. The predicted octanol–water partition coefficient (Wildman–Crippen LogP) is 4.64. The summed E-state index contributed by atoms with van der Waals surface area (Å²) < 4.78 is 6.83. The van der Waals surface area contributed by atoms with Gasteiger partial charge in [-0.15, -0.1) is 0 Å². The van der Waals surface area contributed by atoms with Crippen LogP contribution in [0.3, 0.4) is 0 Å². The molecule has 5 aliphatic carbocycles. The van der Waals surface area contributed by atoms with Gasteiger partial charge in [0.05, 0.1) is 5.60 Å². The van der Waals surface area contributed by atoms with Gasteiger partial charge >= 0.3 is 0 Å². The molecule has 0 radical (unpaired) electrons. The van der Waals surface area contributed by atoms with E-state index in [4.69, 9.17) is 4.74 Å². The highest BCUT2D eigenvalue weighted by molar-refractivity contribution is 5.62. The van der Waals surface area contributed by atoms with Crippen LogP contribution < -0.4 is 4.74 Å². The fourth-order valence-corrected chi connectivity index (χ4v) is 9.28. The van der Waals surface area contributed by atoms with Gasteiger partial charge in [-0.2, -0.15) is 0 Å². The van der Waals surface area contributed by atoms with Crippen LogP contribution in [0.4, 0.5) is 0 Å². The number of piperidine rings is 1. The highest BCUT2D eigenvalue weighted by atomic mass is 16.5. The molecule has 4 nitrogen and oxygen atoms in total. The molecule has 2 spiro atoms. The Labute approximate surface area is 192 Å². The van der Waals surface area contributed by atoms with E-state index in [1.165, 1.54) is 36.9 Å². The molecule has 2 aliphatic heterocycles. The number of phenols is 1. The molecule has 4 heteroatoms. The zero-order chi connectivity index (χ0) is 22.3.